The standard InChI is InChI=1S/C13H16N2O2/c16-8-4-3-5-10-9-15-12-7-2-1-6-11(12)14-13(15)17-10/h1-2,6-7,10,16H,3-5,8-9H2. The number of aliphatic hydroxyl groups excluding tert-OH is 1. The molecule has 1 aliphatic rings. The van der Waals surface area contributed by atoms with Crippen LogP contribution < -0.4 is 4.74 Å². The molecular weight excluding hydrogens is 216 g/mol. The van der Waals surface area contributed by atoms with Gasteiger partial charge in [-0.2, -0.15) is 4.98 Å². The van der Waals surface area contributed by atoms with Crippen molar-refractivity contribution in [3.8, 4) is 6.01 Å². The van der Waals surface area contributed by atoms with Crippen LogP contribution in [0, 0.1) is 0 Å². The lowest BCUT2D eigenvalue weighted by Gasteiger charge is -2.08. The molecule has 0 saturated heterocycles. The number of para-hydroxylation sites is 2. The summed E-state index contributed by atoms with van der Waals surface area (Å²) in [4.78, 5) is 4.46. The van der Waals surface area contributed by atoms with Gasteiger partial charge < -0.3 is 9.84 Å². The Morgan fingerprint density at radius 3 is 3.12 bits per heavy atom. The molecule has 0 spiro atoms. The first-order valence-corrected chi connectivity index (χ1v) is 6.11. The van der Waals surface area contributed by atoms with Crippen molar-refractivity contribution in [2.75, 3.05) is 6.61 Å². The Kier molecular flexibility index (Phi) is 2.73. The summed E-state index contributed by atoms with van der Waals surface area (Å²) < 4.78 is 7.95. The minimum Gasteiger partial charge on any atom is -0.459 e. The molecular formula is C13H16N2O2. The summed E-state index contributed by atoms with van der Waals surface area (Å²) in [7, 11) is 0. The Balaban J connectivity index is 1.75. The number of aliphatic hydroxyl groups is 1. The first-order chi connectivity index (χ1) is 8.38. The molecule has 4 heteroatoms. The van der Waals surface area contributed by atoms with Crippen molar-refractivity contribution in [2.45, 2.75) is 31.9 Å². The van der Waals surface area contributed by atoms with Gasteiger partial charge >= 0.3 is 0 Å². The Labute approximate surface area is 99.8 Å². The monoisotopic (exact) mass is 232 g/mol. The van der Waals surface area contributed by atoms with Crippen molar-refractivity contribution >= 4 is 11.0 Å². The number of fused-ring (bicyclic) bond motifs is 3. The third-order valence-corrected chi connectivity index (χ3v) is 3.21. The van der Waals surface area contributed by atoms with Crippen molar-refractivity contribution in [3.05, 3.63) is 24.3 Å². The largest absolute Gasteiger partial charge is 0.459 e. The Morgan fingerprint density at radius 2 is 2.24 bits per heavy atom. The third-order valence-electron chi connectivity index (χ3n) is 3.21. The lowest BCUT2D eigenvalue weighted by Crippen LogP contribution is -2.14. The van der Waals surface area contributed by atoms with Crippen LogP contribution in [0.15, 0.2) is 24.3 Å². The highest BCUT2D eigenvalue weighted by Gasteiger charge is 2.25. The van der Waals surface area contributed by atoms with E-state index >= 15 is 0 Å². The van der Waals surface area contributed by atoms with Gasteiger partial charge in [-0.1, -0.05) is 12.1 Å². The average molecular weight is 232 g/mol. The van der Waals surface area contributed by atoms with E-state index in [4.69, 9.17) is 9.84 Å². The van der Waals surface area contributed by atoms with Crippen LogP contribution >= 0.6 is 0 Å². The van der Waals surface area contributed by atoms with E-state index in [-0.39, 0.29) is 12.7 Å². The summed E-state index contributed by atoms with van der Waals surface area (Å²) in [6, 6.07) is 8.83. The summed E-state index contributed by atoms with van der Waals surface area (Å²) in [6.45, 7) is 1.14. The summed E-state index contributed by atoms with van der Waals surface area (Å²) in [5.41, 5.74) is 2.14. The van der Waals surface area contributed by atoms with Crippen molar-refractivity contribution < 1.29 is 9.84 Å². The Hall–Kier alpha value is -1.55. The molecule has 0 amide bonds. The molecule has 90 valence electrons. The fourth-order valence-electron chi connectivity index (χ4n) is 2.34. The van der Waals surface area contributed by atoms with Crippen LogP contribution in [0.5, 0.6) is 6.01 Å². The Morgan fingerprint density at radius 1 is 1.35 bits per heavy atom. The van der Waals surface area contributed by atoms with E-state index in [0.717, 1.165) is 42.9 Å². The van der Waals surface area contributed by atoms with E-state index in [1.807, 2.05) is 18.2 Å². The van der Waals surface area contributed by atoms with Crippen molar-refractivity contribution in [2.24, 2.45) is 0 Å². The van der Waals surface area contributed by atoms with Gasteiger partial charge in [-0.3, -0.25) is 4.57 Å². The van der Waals surface area contributed by atoms with Crippen molar-refractivity contribution in [3.63, 3.8) is 0 Å². The van der Waals surface area contributed by atoms with Crippen LogP contribution in [0.3, 0.4) is 0 Å². The predicted molar refractivity (Wildman–Crippen MR) is 65.1 cm³/mol. The zero-order chi connectivity index (χ0) is 11.7. The first-order valence-electron chi connectivity index (χ1n) is 6.11. The molecule has 0 radical (unpaired) electrons. The average Bonchev–Trinajstić information content (AvgIpc) is 2.86. The van der Waals surface area contributed by atoms with E-state index in [0.29, 0.717) is 0 Å². The number of nitrogens with zero attached hydrogens (tertiary/aromatic N) is 2. The smallest absolute Gasteiger partial charge is 0.297 e. The molecule has 1 atom stereocenters. The van der Waals surface area contributed by atoms with Crippen molar-refractivity contribution in [1.29, 1.82) is 0 Å². The SMILES string of the molecule is OCCCCC1Cn2c(nc3ccccc32)O1. The summed E-state index contributed by atoms with van der Waals surface area (Å²) >= 11 is 0. The van der Waals surface area contributed by atoms with Gasteiger partial charge in [0.2, 0.25) is 0 Å². The summed E-state index contributed by atoms with van der Waals surface area (Å²) in [5, 5.41) is 8.76. The molecule has 2 heterocycles. The molecule has 1 aliphatic heterocycles. The van der Waals surface area contributed by atoms with Gasteiger partial charge in [0.05, 0.1) is 17.6 Å². The maximum atomic E-state index is 8.76. The summed E-state index contributed by atoms with van der Waals surface area (Å²) in [5.74, 6) is 0. The van der Waals surface area contributed by atoms with E-state index < -0.39 is 0 Å². The van der Waals surface area contributed by atoms with Gasteiger partial charge in [0.1, 0.15) is 6.10 Å². The van der Waals surface area contributed by atoms with Crippen LogP contribution in [0.1, 0.15) is 19.3 Å². The van der Waals surface area contributed by atoms with E-state index in [1.165, 1.54) is 0 Å². The lowest BCUT2D eigenvalue weighted by atomic mass is 10.1. The number of hydrogen-bond acceptors (Lipinski definition) is 3. The molecule has 1 N–H and O–H groups in total. The summed E-state index contributed by atoms with van der Waals surface area (Å²) in [6.07, 6.45) is 3.05. The third kappa shape index (κ3) is 1.89. The number of rotatable bonds is 4. The fraction of sp³-hybridized carbons (Fsp3) is 0.462. The highest BCUT2D eigenvalue weighted by Crippen LogP contribution is 2.29. The molecule has 0 saturated carbocycles. The Bertz CT molecular complexity index is 521. The molecule has 3 rings (SSSR count). The van der Waals surface area contributed by atoms with Crippen LogP contribution in [0.4, 0.5) is 0 Å². The van der Waals surface area contributed by atoms with Gasteiger partial charge in [-0.25, -0.2) is 0 Å². The second kappa shape index (κ2) is 4.37. The van der Waals surface area contributed by atoms with Crippen LogP contribution in [0.25, 0.3) is 11.0 Å². The van der Waals surface area contributed by atoms with Gasteiger partial charge in [0.25, 0.3) is 6.01 Å². The highest BCUT2D eigenvalue weighted by molar-refractivity contribution is 5.76. The molecule has 0 bridgehead atoms. The minimum atomic E-state index is 0.216. The predicted octanol–water partition coefficient (Wildman–Crippen LogP) is 1.96. The quantitative estimate of drug-likeness (QED) is 0.820. The number of aromatic nitrogens is 2. The topological polar surface area (TPSA) is 47.3 Å². The normalized spacial score (nSPS) is 18.3. The zero-order valence-electron chi connectivity index (χ0n) is 9.67. The van der Waals surface area contributed by atoms with Gasteiger partial charge in [0.15, 0.2) is 0 Å². The molecule has 1 aromatic heterocycles. The molecule has 2 aromatic rings. The number of ether oxygens (including phenoxy) is 1. The highest BCUT2D eigenvalue weighted by atomic mass is 16.5. The van der Waals surface area contributed by atoms with Gasteiger partial charge in [-0.15, -0.1) is 0 Å². The maximum Gasteiger partial charge on any atom is 0.297 e. The number of hydrogen-bond donors (Lipinski definition) is 1. The molecule has 1 aromatic carbocycles. The van der Waals surface area contributed by atoms with Crippen molar-refractivity contribution in [1.82, 2.24) is 9.55 Å². The fourth-order valence-corrected chi connectivity index (χ4v) is 2.34. The van der Waals surface area contributed by atoms with Gasteiger partial charge in [-0.05, 0) is 31.4 Å². The number of unbranched alkanes of at least 4 members (excludes halogenated alkanes) is 1. The molecule has 0 fully saturated rings. The minimum absolute atomic E-state index is 0.216. The molecule has 1 unspecified atom stereocenters. The first kappa shape index (κ1) is 10.6. The second-order valence-electron chi connectivity index (χ2n) is 4.45. The molecule has 0 aliphatic carbocycles. The van der Waals surface area contributed by atoms with E-state index in [1.54, 1.807) is 0 Å². The van der Waals surface area contributed by atoms with E-state index in [2.05, 4.69) is 15.6 Å². The van der Waals surface area contributed by atoms with Gasteiger partial charge in [0, 0.05) is 6.61 Å². The van der Waals surface area contributed by atoms with E-state index in [9.17, 15) is 0 Å². The van der Waals surface area contributed by atoms with Crippen LogP contribution in [0.2, 0.25) is 0 Å². The maximum absolute atomic E-state index is 8.76. The molecule has 4 nitrogen and oxygen atoms in total. The number of benzene rings is 1. The number of imidazole rings is 1. The lowest BCUT2D eigenvalue weighted by molar-refractivity contribution is 0.202. The zero-order valence-corrected chi connectivity index (χ0v) is 9.67. The van der Waals surface area contributed by atoms with Crippen LogP contribution in [-0.4, -0.2) is 27.4 Å². The second-order valence-corrected chi connectivity index (χ2v) is 4.45. The molecule has 17 heavy (non-hydrogen) atoms. The van der Waals surface area contributed by atoms with Crippen LogP contribution in [-0.2, 0) is 6.54 Å².